The summed E-state index contributed by atoms with van der Waals surface area (Å²) in [5.74, 6) is -0.432. The molecule has 160 valence electrons. The second-order valence-corrected chi connectivity index (χ2v) is 9.43. The topological polar surface area (TPSA) is 75.7 Å². The Morgan fingerprint density at radius 3 is 2.61 bits per heavy atom. The summed E-state index contributed by atoms with van der Waals surface area (Å²) in [5, 5.41) is 4.59. The number of fused-ring (bicyclic) bond motifs is 1. The summed E-state index contributed by atoms with van der Waals surface area (Å²) in [6.45, 7) is 2.26. The first kappa shape index (κ1) is 21.1. The number of nitrogens with zero attached hydrogens (tertiary/aromatic N) is 1. The Bertz CT molecular complexity index is 1250. The van der Waals surface area contributed by atoms with Gasteiger partial charge in [0.2, 0.25) is 5.78 Å². The normalized spacial score (nSPS) is 16.3. The highest BCUT2D eigenvalue weighted by Gasteiger charge is 2.41. The van der Waals surface area contributed by atoms with E-state index in [2.05, 4.69) is 5.32 Å². The van der Waals surface area contributed by atoms with Gasteiger partial charge in [-0.05, 0) is 48.2 Å². The minimum atomic E-state index is -4.15. The molecular weight excluding hydrogens is 439 g/mol. The van der Waals surface area contributed by atoms with Gasteiger partial charge in [0.25, 0.3) is 10.0 Å². The summed E-state index contributed by atoms with van der Waals surface area (Å²) in [6.07, 6.45) is 1.20. The first-order chi connectivity index (χ1) is 14.9. The van der Waals surface area contributed by atoms with E-state index < -0.39 is 21.6 Å². The van der Waals surface area contributed by atoms with E-state index in [1.807, 2.05) is 6.92 Å². The molecule has 4 rings (SSSR count). The molecule has 3 aromatic rings. The fourth-order valence-electron chi connectivity index (χ4n) is 3.22. The highest BCUT2D eigenvalue weighted by Crippen LogP contribution is 2.39. The number of thiophene rings is 1. The Kier molecular flexibility index (Phi) is 5.79. The summed E-state index contributed by atoms with van der Waals surface area (Å²) in [6, 6.07) is 14.2. The van der Waals surface area contributed by atoms with Gasteiger partial charge in [-0.25, -0.2) is 12.8 Å². The molecule has 31 heavy (non-hydrogen) atoms. The van der Waals surface area contributed by atoms with E-state index in [-0.39, 0.29) is 11.4 Å². The third-order valence-electron chi connectivity index (χ3n) is 4.70. The number of ketones is 1. The minimum Gasteiger partial charge on any atom is -0.492 e. The van der Waals surface area contributed by atoms with Crippen LogP contribution in [0.5, 0.6) is 5.75 Å². The van der Waals surface area contributed by atoms with Crippen LogP contribution in [0.3, 0.4) is 0 Å². The zero-order chi connectivity index (χ0) is 22.0. The quantitative estimate of drug-likeness (QED) is 0.539. The van der Waals surface area contributed by atoms with Crippen molar-refractivity contribution in [1.82, 2.24) is 0 Å². The maximum atomic E-state index is 13.4. The van der Waals surface area contributed by atoms with Gasteiger partial charge in [0.15, 0.2) is 4.91 Å². The molecule has 1 aliphatic heterocycles. The number of anilines is 2. The number of rotatable bonds is 6. The van der Waals surface area contributed by atoms with E-state index in [0.29, 0.717) is 34.2 Å². The Morgan fingerprint density at radius 1 is 1.13 bits per heavy atom. The largest absolute Gasteiger partial charge is 0.492 e. The smallest absolute Gasteiger partial charge is 0.270 e. The number of hydrogen-bond acceptors (Lipinski definition) is 6. The number of nitrogens with one attached hydrogen (secondary N) is 1. The van der Waals surface area contributed by atoms with Crippen molar-refractivity contribution < 1.29 is 22.3 Å². The minimum absolute atomic E-state index is 0.0213. The van der Waals surface area contributed by atoms with Gasteiger partial charge in [0.05, 0.1) is 24.5 Å². The van der Waals surface area contributed by atoms with Crippen LogP contribution >= 0.6 is 11.3 Å². The lowest BCUT2D eigenvalue weighted by Gasteiger charge is -2.29. The summed E-state index contributed by atoms with van der Waals surface area (Å²) in [4.78, 5) is 13.0. The van der Waals surface area contributed by atoms with Crippen LogP contribution in [0.1, 0.15) is 22.2 Å². The number of para-hydroxylation sites is 2. The van der Waals surface area contributed by atoms with Crippen molar-refractivity contribution in [2.45, 2.75) is 13.5 Å². The Hall–Kier alpha value is -3.17. The molecule has 0 fully saturated rings. The predicted molar refractivity (Wildman–Crippen MR) is 119 cm³/mol. The number of sulfonamides is 1. The number of benzene rings is 2. The fraction of sp³-hybridized carbons (Fsp3) is 0.136. The average Bonchev–Trinajstić information content (AvgIpc) is 3.23. The molecule has 0 unspecified atom stereocenters. The second-order valence-electron chi connectivity index (χ2n) is 6.68. The van der Waals surface area contributed by atoms with Crippen molar-refractivity contribution in [3.8, 4) is 5.75 Å². The zero-order valence-corrected chi connectivity index (χ0v) is 18.2. The molecule has 0 radical (unpaired) electrons. The number of halogens is 1. The van der Waals surface area contributed by atoms with Crippen molar-refractivity contribution in [1.29, 1.82) is 0 Å². The van der Waals surface area contributed by atoms with Crippen LogP contribution in [0.25, 0.3) is 0 Å². The third kappa shape index (κ3) is 4.06. The summed E-state index contributed by atoms with van der Waals surface area (Å²) < 4.78 is 46.8. The summed E-state index contributed by atoms with van der Waals surface area (Å²) in [7, 11) is -4.15. The first-order valence-electron chi connectivity index (χ1n) is 9.49. The third-order valence-corrected chi connectivity index (χ3v) is 7.36. The number of carbonyl (C=O) groups excluding carboxylic acids is 1. The van der Waals surface area contributed by atoms with Crippen LogP contribution in [-0.2, 0) is 16.6 Å². The van der Waals surface area contributed by atoms with E-state index in [9.17, 15) is 17.6 Å². The van der Waals surface area contributed by atoms with E-state index in [1.165, 1.54) is 46.1 Å². The van der Waals surface area contributed by atoms with Crippen molar-refractivity contribution in [3.05, 3.63) is 87.3 Å². The lowest BCUT2D eigenvalue weighted by molar-refractivity contribution is 0.104. The molecule has 2 heterocycles. The summed E-state index contributed by atoms with van der Waals surface area (Å²) in [5.41, 5.74) is 1.47. The number of carbonyl (C=O) groups is 1. The van der Waals surface area contributed by atoms with Gasteiger partial charge in [-0.1, -0.05) is 24.3 Å². The second kappa shape index (κ2) is 8.52. The average molecular weight is 459 g/mol. The van der Waals surface area contributed by atoms with Gasteiger partial charge in [-0.3, -0.25) is 9.10 Å². The van der Waals surface area contributed by atoms with Crippen molar-refractivity contribution >= 4 is 38.5 Å². The number of allylic oxidation sites excluding steroid dienone is 1. The fourth-order valence-corrected chi connectivity index (χ4v) is 5.71. The molecule has 1 N–H and O–H groups in total. The lowest BCUT2D eigenvalue weighted by Crippen LogP contribution is -2.38. The van der Waals surface area contributed by atoms with E-state index >= 15 is 0 Å². The van der Waals surface area contributed by atoms with Gasteiger partial charge in [0, 0.05) is 6.20 Å². The Balaban J connectivity index is 1.73. The predicted octanol–water partition coefficient (Wildman–Crippen LogP) is 4.77. The first-order valence-corrected chi connectivity index (χ1v) is 11.8. The van der Waals surface area contributed by atoms with Crippen LogP contribution in [0.4, 0.5) is 15.8 Å². The molecule has 1 aliphatic rings. The van der Waals surface area contributed by atoms with Crippen LogP contribution < -0.4 is 14.4 Å². The van der Waals surface area contributed by atoms with Crippen molar-refractivity contribution in [3.63, 3.8) is 0 Å². The van der Waals surface area contributed by atoms with Gasteiger partial charge in [-0.2, -0.15) is 0 Å². The van der Waals surface area contributed by atoms with Gasteiger partial charge in [-0.15, -0.1) is 11.3 Å². The molecule has 0 saturated carbocycles. The Labute approximate surface area is 183 Å². The van der Waals surface area contributed by atoms with Crippen LogP contribution in [0.15, 0.2) is 71.1 Å². The molecule has 0 amide bonds. The highest BCUT2D eigenvalue weighted by atomic mass is 32.2. The number of hydrogen-bond donors (Lipinski definition) is 1. The van der Waals surface area contributed by atoms with Crippen LogP contribution in [0.2, 0.25) is 0 Å². The van der Waals surface area contributed by atoms with Crippen LogP contribution in [-0.4, -0.2) is 20.8 Å². The molecule has 0 atom stereocenters. The lowest BCUT2D eigenvalue weighted by atomic mass is 10.2. The number of Topliss-reactive ketones (excluding diaryl/α,β-unsaturated/α-hetero) is 1. The van der Waals surface area contributed by atoms with E-state index in [4.69, 9.17) is 4.74 Å². The van der Waals surface area contributed by atoms with Crippen molar-refractivity contribution in [2.24, 2.45) is 0 Å². The van der Waals surface area contributed by atoms with Gasteiger partial charge in [0.1, 0.15) is 16.4 Å². The van der Waals surface area contributed by atoms with Gasteiger partial charge < -0.3 is 10.1 Å². The molecule has 1 aromatic heterocycles. The maximum absolute atomic E-state index is 13.4. The zero-order valence-electron chi connectivity index (χ0n) is 16.5. The maximum Gasteiger partial charge on any atom is 0.270 e. The van der Waals surface area contributed by atoms with Crippen molar-refractivity contribution in [2.75, 3.05) is 16.2 Å². The number of ether oxygens (including phenoxy) is 1. The Morgan fingerprint density at radius 2 is 1.87 bits per heavy atom. The molecule has 2 aromatic carbocycles. The SMILES string of the molecule is CCOc1ccccc1N/C=C1/C(=O)c2sccc2N(Cc2ccc(F)cc2)S1(=O)=O. The van der Waals surface area contributed by atoms with E-state index in [0.717, 1.165) is 0 Å². The molecule has 9 heteroatoms. The standard InChI is InChI=1S/C22H19FN2O4S2/c1-2-29-19-6-4-3-5-17(19)24-13-20-21(26)22-18(11-12-30-22)25(31(20,27)28)14-15-7-9-16(23)10-8-15/h3-13,24H,2,14H2,1H3/b20-13-. The molecule has 0 spiro atoms. The van der Waals surface area contributed by atoms with Crippen LogP contribution in [0, 0.1) is 5.82 Å². The highest BCUT2D eigenvalue weighted by molar-refractivity contribution is 7.97. The molecule has 0 bridgehead atoms. The summed E-state index contributed by atoms with van der Waals surface area (Å²) >= 11 is 1.18. The molecular formula is C22H19FN2O4S2. The molecule has 6 nitrogen and oxygen atoms in total. The van der Waals surface area contributed by atoms with Gasteiger partial charge >= 0.3 is 0 Å². The monoisotopic (exact) mass is 458 g/mol. The molecule has 0 aliphatic carbocycles. The molecule has 0 saturated heterocycles. The van der Waals surface area contributed by atoms with E-state index in [1.54, 1.807) is 35.7 Å².